The van der Waals surface area contributed by atoms with Crippen molar-refractivity contribution >= 4 is 47.1 Å². The predicted octanol–water partition coefficient (Wildman–Crippen LogP) is 2.55. The molecule has 0 aliphatic carbocycles. The third-order valence-electron chi connectivity index (χ3n) is 3.51. The second-order valence-electron chi connectivity index (χ2n) is 5.00. The quantitative estimate of drug-likeness (QED) is 0.446. The molecule has 5 nitrogen and oxygen atoms in total. The minimum atomic E-state index is 0. The molecule has 3 heterocycles. The molecule has 0 saturated heterocycles. The van der Waals surface area contributed by atoms with Gasteiger partial charge in [-0.15, -0.1) is 35.3 Å². The standard InChI is InChI=1S/C15H19N5S.HI/c16-15(19-14-3-1-2-6-17-14)18-7-9-20-8-4-13-12(11-20)5-10-21-13;/h1-3,5-6,10H,4,7-9,11H2,(H3,16,17,18,19);1H. The number of aromatic nitrogens is 1. The zero-order chi connectivity index (χ0) is 14.5. The Morgan fingerprint density at radius 1 is 1.41 bits per heavy atom. The maximum atomic E-state index is 5.86. The molecular weight excluding hydrogens is 409 g/mol. The zero-order valence-electron chi connectivity index (χ0n) is 12.2. The number of guanidine groups is 1. The lowest BCUT2D eigenvalue weighted by atomic mass is 10.1. The van der Waals surface area contributed by atoms with Crippen LogP contribution in [0.25, 0.3) is 0 Å². The van der Waals surface area contributed by atoms with Crippen molar-refractivity contribution in [3.05, 3.63) is 46.3 Å². The van der Waals surface area contributed by atoms with Crippen molar-refractivity contribution in [3.63, 3.8) is 0 Å². The van der Waals surface area contributed by atoms with E-state index in [-0.39, 0.29) is 24.0 Å². The molecule has 1 aliphatic heterocycles. The average Bonchev–Trinajstić information content (AvgIpc) is 2.96. The summed E-state index contributed by atoms with van der Waals surface area (Å²) >= 11 is 1.87. The third-order valence-corrected chi connectivity index (χ3v) is 4.53. The lowest BCUT2D eigenvalue weighted by Crippen LogP contribution is -2.32. The second-order valence-corrected chi connectivity index (χ2v) is 6.00. The maximum Gasteiger partial charge on any atom is 0.194 e. The molecule has 118 valence electrons. The Morgan fingerprint density at radius 3 is 3.14 bits per heavy atom. The van der Waals surface area contributed by atoms with Gasteiger partial charge in [-0.05, 0) is 35.6 Å². The fourth-order valence-corrected chi connectivity index (χ4v) is 3.31. The molecule has 22 heavy (non-hydrogen) atoms. The Labute approximate surface area is 151 Å². The molecule has 0 amide bonds. The van der Waals surface area contributed by atoms with Crippen molar-refractivity contribution in [1.29, 1.82) is 0 Å². The van der Waals surface area contributed by atoms with E-state index in [9.17, 15) is 0 Å². The molecule has 0 radical (unpaired) electrons. The molecule has 0 saturated carbocycles. The number of nitrogens with two attached hydrogens (primary N) is 1. The van der Waals surface area contributed by atoms with E-state index in [1.54, 1.807) is 6.20 Å². The number of rotatable bonds is 4. The summed E-state index contributed by atoms with van der Waals surface area (Å²) in [6, 6.07) is 7.87. The monoisotopic (exact) mass is 429 g/mol. The average molecular weight is 429 g/mol. The summed E-state index contributed by atoms with van der Waals surface area (Å²) in [5, 5.41) is 5.17. The van der Waals surface area contributed by atoms with Crippen molar-refractivity contribution in [3.8, 4) is 0 Å². The van der Waals surface area contributed by atoms with Crippen LogP contribution in [-0.2, 0) is 13.0 Å². The Hall–Kier alpha value is -1.19. The van der Waals surface area contributed by atoms with Gasteiger partial charge in [-0.25, -0.2) is 4.98 Å². The molecule has 2 aromatic heterocycles. The summed E-state index contributed by atoms with van der Waals surface area (Å²) in [5.41, 5.74) is 7.33. The normalized spacial score (nSPS) is 15.0. The van der Waals surface area contributed by atoms with Crippen LogP contribution in [0, 0.1) is 0 Å². The summed E-state index contributed by atoms with van der Waals surface area (Å²) in [6.07, 6.45) is 2.88. The molecule has 0 aromatic carbocycles. The summed E-state index contributed by atoms with van der Waals surface area (Å²) in [4.78, 5) is 12.5. The van der Waals surface area contributed by atoms with Gasteiger partial charge < -0.3 is 11.1 Å². The molecule has 0 unspecified atom stereocenters. The number of pyridine rings is 1. The first kappa shape index (κ1) is 17.2. The van der Waals surface area contributed by atoms with Gasteiger partial charge in [0.1, 0.15) is 5.82 Å². The van der Waals surface area contributed by atoms with Gasteiger partial charge in [0.25, 0.3) is 0 Å². The van der Waals surface area contributed by atoms with Gasteiger partial charge in [0, 0.05) is 30.7 Å². The first-order valence-electron chi connectivity index (χ1n) is 7.07. The molecule has 0 atom stereocenters. The van der Waals surface area contributed by atoms with Gasteiger partial charge in [-0.3, -0.25) is 9.89 Å². The second kappa shape index (κ2) is 8.44. The van der Waals surface area contributed by atoms with Crippen molar-refractivity contribution in [2.45, 2.75) is 13.0 Å². The molecule has 3 rings (SSSR count). The zero-order valence-corrected chi connectivity index (χ0v) is 15.4. The summed E-state index contributed by atoms with van der Waals surface area (Å²) in [5.74, 6) is 1.14. The molecule has 1 aliphatic rings. The van der Waals surface area contributed by atoms with E-state index >= 15 is 0 Å². The highest BCUT2D eigenvalue weighted by atomic mass is 127. The number of fused-ring (bicyclic) bond motifs is 1. The molecule has 0 spiro atoms. The van der Waals surface area contributed by atoms with E-state index in [0.29, 0.717) is 12.5 Å². The van der Waals surface area contributed by atoms with Crippen LogP contribution in [0.5, 0.6) is 0 Å². The van der Waals surface area contributed by atoms with E-state index in [4.69, 9.17) is 5.73 Å². The smallest absolute Gasteiger partial charge is 0.194 e. The first-order chi connectivity index (χ1) is 10.3. The fraction of sp³-hybridized carbons (Fsp3) is 0.333. The van der Waals surface area contributed by atoms with Gasteiger partial charge in [-0.1, -0.05) is 6.07 Å². The molecule has 0 fully saturated rings. The molecule has 0 bridgehead atoms. The van der Waals surface area contributed by atoms with Gasteiger partial charge >= 0.3 is 0 Å². The minimum absolute atomic E-state index is 0. The van der Waals surface area contributed by atoms with Gasteiger partial charge in [-0.2, -0.15) is 0 Å². The third kappa shape index (κ3) is 4.65. The lowest BCUT2D eigenvalue weighted by Gasteiger charge is -2.26. The van der Waals surface area contributed by atoms with E-state index in [1.165, 1.54) is 10.4 Å². The number of thiophene rings is 1. The van der Waals surface area contributed by atoms with E-state index in [2.05, 4.69) is 31.6 Å². The van der Waals surface area contributed by atoms with E-state index in [1.807, 2.05) is 29.5 Å². The van der Waals surface area contributed by atoms with E-state index < -0.39 is 0 Å². The number of nitrogens with zero attached hydrogens (tertiary/aromatic N) is 3. The van der Waals surface area contributed by atoms with Crippen LogP contribution in [0.15, 0.2) is 40.8 Å². The lowest BCUT2D eigenvalue weighted by molar-refractivity contribution is 0.264. The van der Waals surface area contributed by atoms with E-state index in [0.717, 1.165) is 31.9 Å². The molecule has 7 heteroatoms. The SMILES string of the molecule is I.NC(=NCCN1CCc2sccc2C1)Nc1ccccn1. The Balaban J connectivity index is 0.00000176. The fourth-order valence-electron chi connectivity index (χ4n) is 2.42. The van der Waals surface area contributed by atoms with Crippen molar-refractivity contribution in [1.82, 2.24) is 9.88 Å². The largest absolute Gasteiger partial charge is 0.370 e. The minimum Gasteiger partial charge on any atom is -0.370 e. The van der Waals surface area contributed by atoms with Gasteiger partial charge in [0.15, 0.2) is 5.96 Å². The molecular formula is C15H20IN5S. The molecule has 2 aromatic rings. The Bertz CT molecular complexity index is 613. The highest BCUT2D eigenvalue weighted by Gasteiger charge is 2.16. The van der Waals surface area contributed by atoms with Crippen LogP contribution in [0.1, 0.15) is 10.4 Å². The van der Waals surface area contributed by atoms with Crippen LogP contribution in [0.3, 0.4) is 0 Å². The maximum absolute atomic E-state index is 5.86. The van der Waals surface area contributed by atoms with Crippen LogP contribution < -0.4 is 11.1 Å². The highest BCUT2D eigenvalue weighted by molar-refractivity contribution is 14.0. The number of anilines is 1. The van der Waals surface area contributed by atoms with Crippen LogP contribution in [0.4, 0.5) is 5.82 Å². The van der Waals surface area contributed by atoms with Gasteiger partial charge in [0.2, 0.25) is 0 Å². The number of hydrogen-bond donors (Lipinski definition) is 2. The van der Waals surface area contributed by atoms with Gasteiger partial charge in [0.05, 0.1) is 6.54 Å². The predicted molar refractivity (Wildman–Crippen MR) is 103 cm³/mol. The van der Waals surface area contributed by atoms with Crippen molar-refractivity contribution < 1.29 is 0 Å². The topological polar surface area (TPSA) is 66.5 Å². The number of nitrogens with one attached hydrogen (secondary N) is 1. The summed E-state index contributed by atoms with van der Waals surface area (Å²) in [6.45, 7) is 3.77. The summed E-state index contributed by atoms with van der Waals surface area (Å²) < 4.78 is 0. The Kier molecular flexibility index (Phi) is 6.59. The summed E-state index contributed by atoms with van der Waals surface area (Å²) in [7, 11) is 0. The first-order valence-corrected chi connectivity index (χ1v) is 7.95. The van der Waals surface area contributed by atoms with Crippen molar-refractivity contribution in [2.75, 3.05) is 25.0 Å². The van der Waals surface area contributed by atoms with Crippen LogP contribution in [-0.4, -0.2) is 35.5 Å². The number of halogens is 1. The van der Waals surface area contributed by atoms with Crippen LogP contribution >= 0.6 is 35.3 Å². The number of hydrogen-bond acceptors (Lipinski definition) is 4. The van der Waals surface area contributed by atoms with Crippen LogP contribution in [0.2, 0.25) is 0 Å². The number of aliphatic imine (C=N–C) groups is 1. The van der Waals surface area contributed by atoms with Crippen molar-refractivity contribution in [2.24, 2.45) is 10.7 Å². The Morgan fingerprint density at radius 2 is 2.32 bits per heavy atom. The molecule has 3 N–H and O–H groups in total. The highest BCUT2D eigenvalue weighted by Crippen LogP contribution is 2.23.